The summed E-state index contributed by atoms with van der Waals surface area (Å²) in [6, 6.07) is 0. The molecule has 98 valence electrons. The molecule has 2 aliphatic rings. The largest absolute Gasteiger partial charge is 0.373 e. The third kappa shape index (κ3) is 2.57. The molecule has 0 bridgehead atoms. The van der Waals surface area contributed by atoms with Crippen molar-refractivity contribution in [3.05, 3.63) is 11.9 Å². The zero-order chi connectivity index (χ0) is 12.5. The van der Waals surface area contributed by atoms with Gasteiger partial charge in [-0.1, -0.05) is 0 Å². The van der Waals surface area contributed by atoms with E-state index in [0.717, 1.165) is 23.5 Å². The highest BCUT2D eigenvalue weighted by Crippen LogP contribution is 2.36. The molecule has 4 nitrogen and oxygen atoms in total. The lowest BCUT2D eigenvalue weighted by atomic mass is 10.2. The van der Waals surface area contributed by atoms with Gasteiger partial charge < -0.3 is 10.2 Å². The quantitative estimate of drug-likeness (QED) is 0.837. The number of anilines is 2. The first kappa shape index (κ1) is 11.8. The monoisotopic (exact) mass is 246 g/mol. The van der Waals surface area contributed by atoms with Crippen LogP contribution < -0.4 is 10.2 Å². The van der Waals surface area contributed by atoms with Crippen molar-refractivity contribution >= 4 is 11.6 Å². The molecular formula is C14H22N4. The van der Waals surface area contributed by atoms with Gasteiger partial charge in [0.2, 0.25) is 0 Å². The lowest BCUT2D eigenvalue weighted by Gasteiger charge is -2.25. The Kier molecular flexibility index (Phi) is 3.10. The summed E-state index contributed by atoms with van der Waals surface area (Å²) >= 11 is 0. The molecule has 0 aliphatic heterocycles. The molecule has 0 amide bonds. The standard InChI is InChI=1S/C14H22N4/c1-10-13(15-2)16-9-17-14(10)18(7-11-3-4-11)8-12-5-6-12/h9,11-12H,3-8H2,1-2H3,(H,15,16,17). The van der Waals surface area contributed by atoms with Gasteiger partial charge in [-0.05, 0) is 44.4 Å². The van der Waals surface area contributed by atoms with E-state index in [-0.39, 0.29) is 0 Å². The van der Waals surface area contributed by atoms with Crippen molar-refractivity contribution < 1.29 is 0 Å². The molecule has 0 aromatic carbocycles. The van der Waals surface area contributed by atoms with E-state index in [9.17, 15) is 0 Å². The first-order valence-electron chi connectivity index (χ1n) is 7.02. The smallest absolute Gasteiger partial charge is 0.137 e. The highest BCUT2D eigenvalue weighted by atomic mass is 15.2. The van der Waals surface area contributed by atoms with Crippen molar-refractivity contribution in [3.63, 3.8) is 0 Å². The van der Waals surface area contributed by atoms with E-state index in [0.29, 0.717) is 0 Å². The van der Waals surface area contributed by atoms with Gasteiger partial charge >= 0.3 is 0 Å². The van der Waals surface area contributed by atoms with Gasteiger partial charge in [0.25, 0.3) is 0 Å². The Hall–Kier alpha value is -1.32. The van der Waals surface area contributed by atoms with Gasteiger partial charge in [0.1, 0.15) is 18.0 Å². The van der Waals surface area contributed by atoms with Crippen molar-refractivity contribution in [1.29, 1.82) is 0 Å². The summed E-state index contributed by atoms with van der Waals surface area (Å²) in [5.41, 5.74) is 1.18. The van der Waals surface area contributed by atoms with E-state index < -0.39 is 0 Å². The molecule has 0 unspecified atom stereocenters. The molecule has 1 heterocycles. The van der Waals surface area contributed by atoms with Gasteiger partial charge in [0.15, 0.2) is 0 Å². The number of rotatable bonds is 6. The SMILES string of the molecule is CNc1ncnc(N(CC2CC2)CC2CC2)c1C. The molecule has 1 aromatic rings. The van der Waals surface area contributed by atoms with Gasteiger partial charge in [0, 0.05) is 25.7 Å². The molecule has 0 atom stereocenters. The summed E-state index contributed by atoms with van der Waals surface area (Å²) in [5.74, 6) is 3.89. The second kappa shape index (κ2) is 4.75. The Balaban J connectivity index is 1.82. The Morgan fingerprint density at radius 3 is 2.28 bits per heavy atom. The number of nitrogens with one attached hydrogen (secondary N) is 1. The van der Waals surface area contributed by atoms with E-state index in [2.05, 4.69) is 27.1 Å². The van der Waals surface area contributed by atoms with E-state index in [1.165, 1.54) is 44.3 Å². The predicted molar refractivity (Wildman–Crippen MR) is 74.0 cm³/mol. The zero-order valence-electron chi connectivity index (χ0n) is 11.3. The fourth-order valence-corrected chi connectivity index (χ4v) is 2.48. The normalized spacial score (nSPS) is 18.8. The Morgan fingerprint density at radius 2 is 1.78 bits per heavy atom. The van der Waals surface area contributed by atoms with E-state index in [1.807, 2.05) is 7.05 Å². The van der Waals surface area contributed by atoms with Crippen LogP contribution in [0.2, 0.25) is 0 Å². The highest BCUT2D eigenvalue weighted by molar-refractivity contribution is 5.57. The minimum Gasteiger partial charge on any atom is -0.373 e. The van der Waals surface area contributed by atoms with Crippen LogP contribution in [0, 0.1) is 18.8 Å². The average molecular weight is 246 g/mol. The van der Waals surface area contributed by atoms with Crippen LogP contribution in [0.1, 0.15) is 31.2 Å². The van der Waals surface area contributed by atoms with Gasteiger partial charge in [-0.25, -0.2) is 9.97 Å². The summed E-state index contributed by atoms with van der Waals surface area (Å²) in [6.07, 6.45) is 7.25. The van der Waals surface area contributed by atoms with Gasteiger partial charge in [0.05, 0.1) is 0 Å². The third-order valence-corrected chi connectivity index (χ3v) is 3.94. The lowest BCUT2D eigenvalue weighted by molar-refractivity contribution is 0.668. The fraction of sp³-hybridized carbons (Fsp3) is 0.714. The van der Waals surface area contributed by atoms with Crippen LogP contribution in [0.3, 0.4) is 0 Å². The van der Waals surface area contributed by atoms with Crippen molar-refractivity contribution in [1.82, 2.24) is 9.97 Å². The topological polar surface area (TPSA) is 41.1 Å². The summed E-state index contributed by atoms with van der Waals surface area (Å²) in [4.78, 5) is 11.3. The average Bonchev–Trinajstić information content (AvgIpc) is 3.24. The maximum absolute atomic E-state index is 4.52. The van der Waals surface area contributed by atoms with Crippen LogP contribution >= 0.6 is 0 Å². The second-order valence-electron chi connectivity index (χ2n) is 5.71. The Labute approximate surface area is 109 Å². The van der Waals surface area contributed by atoms with E-state index in [4.69, 9.17) is 0 Å². The number of hydrogen-bond acceptors (Lipinski definition) is 4. The van der Waals surface area contributed by atoms with Crippen LogP contribution in [0.5, 0.6) is 0 Å². The summed E-state index contributed by atoms with van der Waals surface area (Å²) in [5, 5.41) is 3.15. The molecule has 0 saturated heterocycles. The molecule has 2 fully saturated rings. The lowest BCUT2D eigenvalue weighted by Crippen LogP contribution is -2.30. The minimum absolute atomic E-state index is 0.899. The van der Waals surface area contributed by atoms with Crippen molar-refractivity contribution in [2.45, 2.75) is 32.6 Å². The molecule has 18 heavy (non-hydrogen) atoms. The molecule has 1 N–H and O–H groups in total. The molecule has 2 aliphatic carbocycles. The highest BCUT2D eigenvalue weighted by Gasteiger charge is 2.30. The summed E-state index contributed by atoms with van der Waals surface area (Å²) in [6.45, 7) is 4.48. The maximum atomic E-state index is 4.52. The fourth-order valence-electron chi connectivity index (χ4n) is 2.48. The summed E-state index contributed by atoms with van der Waals surface area (Å²) in [7, 11) is 1.92. The number of aromatic nitrogens is 2. The first-order chi connectivity index (χ1) is 8.78. The van der Waals surface area contributed by atoms with Crippen LogP contribution in [0.25, 0.3) is 0 Å². The molecule has 4 heteroatoms. The van der Waals surface area contributed by atoms with Crippen LogP contribution in [-0.4, -0.2) is 30.1 Å². The number of nitrogens with zero attached hydrogens (tertiary/aromatic N) is 3. The van der Waals surface area contributed by atoms with Crippen LogP contribution in [0.4, 0.5) is 11.6 Å². The van der Waals surface area contributed by atoms with Crippen molar-refractivity contribution in [3.8, 4) is 0 Å². The minimum atomic E-state index is 0.899. The van der Waals surface area contributed by atoms with Crippen molar-refractivity contribution in [2.24, 2.45) is 11.8 Å². The van der Waals surface area contributed by atoms with Crippen LogP contribution in [0.15, 0.2) is 6.33 Å². The Bertz CT molecular complexity index is 410. The van der Waals surface area contributed by atoms with Crippen molar-refractivity contribution in [2.75, 3.05) is 30.4 Å². The Morgan fingerprint density at radius 1 is 1.17 bits per heavy atom. The number of hydrogen-bond donors (Lipinski definition) is 1. The molecule has 2 saturated carbocycles. The molecule has 0 radical (unpaired) electrons. The van der Waals surface area contributed by atoms with E-state index >= 15 is 0 Å². The molecular weight excluding hydrogens is 224 g/mol. The predicted octanol–water partition coefficient (Wildman–Crippen LogP) is 2.45. The first-order valence-corrected chi connectivity index (χ1v) is 7.02. The second-order valence-corrected chi connectivity index (χ2v) is 5.71. The van der Waals surface area contributed by atoms with E-state index in [1.54, 1.807) is 6.33 Å². The van der Waals surface area contributed by atoms with Gasteiger partial charge in [-0.2, -0.15) is 0 Å². The van der Waals surface area contributed by atoms with Gasteiger partial charge in [-0.15, -0.1) is 0 Å². The zero-order valence-corrected chi connectivity index (χ0v) is 11.3. The third-order valence-electron chi connectivity index (χ3n) is 3.94. The maximum Gasteiger partial charge on any atom is 0.137 e. The molecule has 0 spiro atoms. The molecule has 1 aromatic heterocycles. The van der Waals surface area contributed by atoms with Gasteiger partial charge in [-0.3, -0.25) is 0 Å². The van der Waals surface area contributed by atoms with Crippen LogP contribution in [-0.2, 0) is 0 Å². The summed E-state index contributed by atoms with van der Waals surface area (Å²) < 4.78 is 0. The molecule has 3 rings (SSSR count).